The van der Waals surface area contributed by atoms with Crippen LogP contribution in [0.25, 0.3) is 21.1 Å². The molecule has 4 rings (SSSR count). The first-order valence-electron chi connectivity index (χ1n) is 7.96. The van der Waals surface area contributed by atoms with Crippen LogP contribution in [0, 0.1) is 5.82 Å². The number of anilines is 1. The molecule has 0 unspecified atom stereocenters. The van der Waals surface area contributed by atoms with Gasteiger partial charge in [0.05, 0.1) is 26.9 Å². The van der Waals surface area contributed by atoms with Crippen molar-refractivity contribution >= 4 is 55.3 Å². The van der Waals surface area contributed by atoms with E-state index in [1.54, 1.807) is 31.3 Å². The van der Waals surface area contributed by atoms with E-state index in [1.807, 2.05) is 6.07 Å². The molecule has 1 N–H and O–H groups in total. The number of carbonyl (C=O) groups excluding carboxylic acids is 1. The molecule has 0 aliphatic carbocycles. The summed E-state index contributed by atoms with van der Waals surface area (Å²) in [6.07, 6.45) is 0. The number of aromatic nitrogens is 3. The first-order valence-corrected chi connectivity index (χ1v) is 9.76. The highest BCUT2D eigenvalue weighted by Crippen LogP contribution is 2.26. The molecule has 2 aromatic heterocycles. The van der Waals surface area contributed by atoms with E-state index in [0.717, 1.165) is 0 Å². The van der Waals surface area contributed by atoms with E-state index in [1.165, 1.54) is 39.8 Å². The van der Waals surface area contributed by atoms with E-state index in [-0.39, 0.29) is 23.0 Å². The van der Waals surface area contributed by atoms with E-state index < -0.39 is 0 Å². The molecule has 0 aliphatic heterocycles. The molecule has 0 spiro atoms. The fourth-order valence-electron chi connectivity index (χ4n) is 2.56. The van der Waals surface area contributed by atoms with Gasteiger partial charge in [-0.05, 0) is 30.3 Å². The van der Waals surface area contributed by atoms with E-state index in [2.05, 4.69) is 15.3 Å². The number of benzene rings is 2. The predicted molar refractivity (Wildman–Crippen MR) is 106 cm³/mol. The monoisotopic (exact) mass is 400 g/mol. The van der Waals surface area contributed by atoms with Crippen molar-refractivity contribution < 1.29 is 9.18 Å². The Bertz CT molecular complexity index is 1240. The van der Waals surface area contributed by atoms with E-state index in [9.17, 15) is 14.0 Å². The van der Waals surface area contributed by atoms with Gasteiger partial charge in [-0.3, -0.25) is 14.2 Å². The van der Waals surface area contributed by atoms with Crippen molar-refractivity contribution in [1.82, 2.24) is 14.5 Å². The minimum Gasteiger partial charge on any atom is -0.301 e. The molecule has 0 saturated carbocycles. The molecule has 0 bridgehead atoms. The van der Waals surface area contributed by atoms with E-state index >= 15 is 0 Å². The van der Waals surface area contributed by atoms with Gasteiger partial charge in [0.2, 0.25) is 5.91 Å². The summed E-state index contributed by atoms with van der Waals surface area (Å²) in [6, 6.07) is 11.4. The maximum atomic E-state index is 13.3. The second-order valence-corrected chi connectivity index (χ2v) is 7.72. The van der Waals surface area contributed by atoms with Gasteiger partial charge in [-0.25, -0.2) is 14.4 Å². The molecule has 6 nitrogen and oxygen atoms in total. The van der Waals surface area contributed by atoms with Crippen LogP contribution < -0.4 is 10.9 Å². The van der Waals surface area contributed by atoms with Gasteiger partial charge < -0.3 is 5.32 Å². The topological polar surface area (TPSA) is 76.9 Å². The highest BCUT2D eigenvalue weighted by Gasteiger charge is 2.12. The number of fused-ring (bicyclic) bond motifs is 2. The molecule has 1 amide bonds. The smallest absolute Gasteiger partial charge is 0.261 e. The second kappa shape index (κ2) is 7.09. The van der Waals surface area contributed by atoms with E-state index in [4.69, 9.17) is 0 Å². The zero-order chi connectivity index (χ0) is 19.0. The minimum absolute atomic E-state index is 0.0723. The van der Waals surface area contributed by atoms with E-state index in [0.29, 0.717) is 31.4 Å². The largest absolute Gasteiger partial charge is 0.301 e. The molecular formula is C18H13FN4O2S2. The van der Waals surface area contributed by atoms with Crippen LogP contribution in [0.15, 0.2) is 52.4 Å². The Hall–Kier alpha value is -2.78. The van der Waals surface area contributed by atoms with Crippen LogP contribution in [0.1, 0.15) is 0 Å². The van der Waals surface area contributed by atoms with Crippen LogP contribution >= 0.6 is 23.1 Å². The fraction of sp³-hybridized carbons (Fsp3) is 0.111. The minimum atomic E-state index is -0.345. The predicted octanol–water partition coefficient (Wildman–Crippen LogP) is 3.41. The molecule has 0 radical (unpaired) electrons. The van der Waals surface area contributed by atoms with Gasteiger partial charge >= 0.3 is 0 Å². The normalized spacial score (nSPS) is 11.2. The number of para-hydroxylation sites is 1. The average Bonchev–Trinajstić information content (AvgIpc) is 3.04. The molecule has 136 valence electrons. The lowest BCUT2D eigenvalue weighted by Gasteiger charge is -2.08. The quantitative estimate of drug-likeness (QED) is 0.420. The Labute approximate surface area is 161 Å². The molecule has 9 heteroatoms. The first-order chi connectivity index (χ1) is 13.0. The highest BCUT2D eigenvalue weighted by atomic mass is 32.2. The zero-order valence-electron chi connectivity index (χ0n) is 14.1. The molecule has 2 heterocycles. The number of nitrogens with zero attached hydrogens (tertiary/aromatic N) is 3. The van der Waals surface area contributed by atoms with Crippen molar-refractivity contribution in [2.45, 2.75) is 5.16 Å². The summed E-state index contributed by atoms with van der Waals surface area (Å²) in [5.41, 5.74) is 1.07. The summed E-state index contributed by atoms with van der Waals surface area (Å²) in [4.78, 5) is 33.3. The number of thiazole rings is 1. The van der Waals surface area contributed by atoms with Crippen LogP contribution in [-0.4, -0.2) is 26.2 Å². The van der Waals surface area contributed by atoms with Gasteiger partial charge in [-0.2, -0.15) is 0 Å². The molecule has 0 aliphatic rings. The lowest BCUT2D eigenvalue weighted by molar-refractivity contribution is -0.113. The van der Waals surface area contributed by atoms with Gasteiger partial charge in [0.25, 0.3) is 5.56 Å². The van der Waals surface area contributed by atoms with Gasteiger partial charge in [0, 0.05) is 7.05 Å². The van der Waals surface area contributed by atoms with Crippen LogP contribution in [0.4, 0.5) is 9.52 Å². The number of thioether (sulfide) groups is 1. The third kappa shape index (κ3) is 3.56. The van der Waals surface area contributed by atoms with Crippen molar-refractivity contribution in [3.63, 3.8) is 0 Å². The third-order valence-electron chi connectivity index (χ3n) is 3.87. The Kier molecular flexibility index (Phi) is 4.63. The summed E-state index contributed by atoms with van der Waals surface area (Å²) >= 11 is 2.38. The summed E-state index contributed by atoms with van der Waals surface area (Å²) in [7, 11) is 1.63. The number of amides is 1. The Balaban J connectivity index is 1.49. The molecule has 4 aromatic rings. The number of nitrogens with one attached hydrogen (secondary N) is 1. The SMILES string of the molecule is Cn1c(SCC(=O)Nc2nc3ccc(F)cc3s2)nc2ccccc2c1=O. The summed E-state index contributed by atoms with van der Waals surface area (Å²) in [5, 5.41) is 4.10. The molecule has 27 heavy (non-hydrogen) atoms. The van der Waals surface area contributed by atoms with Crippen LogP contribution in [0.5, 0.6) is 0 Å². The number of halogens is 1. The van der Waals surface area contributed by atoms with Crippen LogP contribution in [0.2, 0.25) is 0 Å². The lowest BCUT2D eigenvalue weighted by Crippen LogP contribution is -2.21. The Morgan fingerprint density at radius 3 is 2.89 bits per heavy atom. The Morgan fingerprint density at radius 2 is 2.04 bits per heavy atom. The molecule has 0 atom stereocenters. The molecule has 2 aromatic carbocycles. The first kappa shape index (κ1) is 17.6. The van der Waals surface area contributed by atoms with Gasteiger partial charge in [0.15, 0.2) is 10.3 Å². The zero-order valence-corrected chi connectivity index (χ0v) is 15.7. The summed E-state index contributed by atoms with van der Waals surface area (Å²) < 4.78 is 15.3. The van der Waals surface area contributed by atoms with Crippen molar-refractivity contribution in [2.75, 3.05) is 11.1 Å². The van der Waals surface area contributed by atoms with Crippen LogP contribution in [-0.2, 0) is 11.8 Å². The number of hydrogen-bond acceptors (Lipinski definition) is 6. The van der Waals surface area contributed by atoms with Crippen molar-refractivity contribution in [3.8, 4) is 0 Å². The average molecular weight is 400 g/mol. The molecule has 0 fully saturated rings. The van der Waals surface area contributed by atoms with Gasteiger partial charge in [-0.15, -0.1) is 0 Å². The summed E-state index contributed by atoms with van der Waals surface area (Å²) in [5.74, 6) is -0.548. The summed E-state index contributed by atoms with van der Waals surface area (Å²) in [6.45, 7) is 0. The number of hydrogen-bond donors (Lipinski definition) is 1. The highest BCUT2D eigenvalue weighted by molar-refractivity contribution is 7.99. The van der Waals surface area contributed by atoms with Crippen molar-refractivity contribution in [3.05, 3.63) is 58.6 Å². The molecular weight excluding hydrogens is 387 g/mol. The van der Waals surface area contributed by atoms with Crippen molar-refractivity contribution in [1.29, 1.82) is 0 Å². The Morgan fingerprint density at radius 1 is 1.22 bits per heavy atom. The lowest BCUT2D eigenvalue weighted by atomic mass is 10.2. The van der Waals surface area contributed by atoms with Crippen LogP contribution in [0.3, 0.4) is 0 Å². The molecule has 0 saturated heterocycles. The second-order valence-electron chi connectivity index (χ2n) is 5.74. The maximum absolute atomic E-state index is 13.3. The number of carbonyl (C=O) groups is 1. The standard InChI is InChI=1S/C18H13FN4O2S2/c1-23-16(25)11-4-2-3-5-12(11)21-18(23)26-9-15(24)22-17-20-13-7-6-10(19)8-14(13)27-17/h2-8H,9H2,1H3,(H,20,22,24). The fourth-order valence-corrected chi connectivity index (χ4v) is 4.24. The third-order valence-corrected chi connectivity index (χ3v) is 5.83. The maximum Gasteiger partial charge on any atom is 0.261 e. The van der Waals surface area contributed by atoms with Gasteiger partial charge in [0.1, 0.15) is 5.82 Å². The van der Waals surface area contributed by atoms with Crippen molar-refractivity contribution in [2.24, 2.45) is 7.05 Å². The number of rotatable bonds is 4. The van der Waals surface area contributed by atoms with Gasteiger partial charge in [-0.1, -0.05) is 35.2 Å².